The summed E-state index contributed by atoms with van der Waals surface area (Å²) in [5, 5.41) is 21.9. The van der Waals surface area contributed by atoms with Crippen LogP contribution in [0.4, 0.5) is 4.79 Å². The summed E-state index contributed by atoms with van der Waals surface area (Å²) in [5.41, 5.74) is 4.50. The topological polar surface area (TPSA) is 95.9 Å². The monoisotopic (exact) mass is 409 g/mol. The van der Waals surface area contributed by atoms with Crippen LogP contribution in [0.3, 0.4) is 0 Å². The van der Waals surface area contributed by atoms with E-state index in [1.165, 1.54) is 0 Å². The van der Waals surface area contributed by atoms with E-state index < -0.39 is 24.2 Å². The second-order valence-electron chi connectivity index (χ2n) is 8.25. The molecule has 6 heteroatoms. The molecule has 1 saturated carbocycles. The molecule has 3 N–H and O–H groups in total. The van der Waals surface area contributed by atoms with Gasteiger partial charge in [-0.25, -0.2) is 9.59 Å². The van der Waals surface area contributed by atoms with E-state index in [1.807, 2.05) is 36.4 Å². The molecule has 30 heavy (non-hydrogen) atoms. The van der Waals surface area contributed by atoms with Gasteiger partial charge in [0.1, 0.15) is 6.61 Å². The van der Waals surface area contributed by atoms with E-state index in [4.69, 9.17) is 4.74 Å². The first-order valence-electron chi connectivity index (χ1n) is 10.6. The lowest BCUT2D eigenvalue weighted by Crippen LogP contribution is -2.48. The largest absolute Gasteiger partial charge is 0.479 e. The van der Waals surface area contributed by atoms with Gasteiger partial charge in [-0.15, -0.1) is 0 Å². The maximum Gasteiger partial charge on any atom is 0.407 e. The highest BCUT2D eigenvalue weighted by Gasteiger charge is 2.33. The van der Waals surface area contributed by atoms with Crippen LogP contribution in [-0.2, 0) is 9.53 Å². The Labute approximate surface area is 175 Å². The van der Waals surface area contributed by atoms with Gasteiger partial charge in [0.25, 0.3) is 0 Å². The minimum Gasteiger partial charge on any atom is -0.479 e. The molecule has 0 radical (unpaired) electrons. The number of carbonyl (C=O) groups excluding carboxylic acids is 1. The molecule has 4 rings (SSSR count). The molecule has 6 nitrogen and oxygen atoms in total. The number of carboxylic acid groups (broad SMARTS) is 1. The van der Waals surface area contributed by atoms with E-state index in [9.17, 15) is 19.8 Å². The van der Waals surface area contributed by atoms with Crippen molar-refractivity contribution in [2.24, 2.45) is 5.92 Å². The van der Waals surface area contributed by atoms with Crippen molar-refractivity contribution in [1.82, 2.24) is 5.32 Å². The second kappa shape index (κ2) is 8.88. The maximum absolute atomic E-state index is 12.5. The highest BCUT2D eigenvalue weighted by molar-refractivity contribution is 5.79. The summed E-state index contributed by atoms with van der Waals surface area (Å²) in [6.07, 6.45) is 2.30. The third-order valence-corrected chi connectivity index (χ3v) is 6.34. The number of amides is 1. The molecule has 2 atom stereocenters. The van der Waals surface area contributed by atoms with Gasteiger partial charge < -0.3 is 20.3 Å². The van der Waals surface area contributed by atoms with Crippen LogP contribution in [0.25, 0.3) is 11.1 Å². The summed E-state index contributed by atoms with van der Waals surface area (Å²) < 4.78 is 5.51. The van der Waals surface area contributed by atoms with Crippen molar-refractivity contribution in [1.29, 1.82) is 0 Å². The van der Waals surface area contributed by atoms with Crippen LogP contribution >= 0.6 is 0 Å². The number of ether oxygens (including phenoxy) is 1. The number of hydrogen-bond donors (Lipinski definition) is 3. The number of hydrogen-bond acceptors (Lipinski definition) is 4. The fourth-order valence-corrected chi connectivity index (χ4v) is 4.84. The van der Waals surface area contributed by atoms with E-state index in [-0.39, 0.29) is 12.5 Å². The number of rotatable bonds is 7. The van der Waals surface area contributed by atoms with E-state index >= 15 is 0 Å². The predicted octanol–water partition coefficient (Wildman–Crippen LogP) is 3.92. The first-order valence-corrected chi connectivity index (χ1v) is 10.6. The number of benzene rings is 2. The number of carboxylic acids is 1. The number of aliphatic carboxylic acids is 1. The Bertz CT molecular complexity index is 876. The first kappa shape index (κ1) is 20.4. The average Bonchev–Trinajstić information content (AvgIpc) is 3.37. The summed E-state index contributed by atoms with van der Waals surface area (Å²) >= 11 is 0. The number of aliphatic hydroxyl groups is 1. The van der Waals surface area contributed by atoms with Crippen molar-refractivity contribution in [3.05, 3.63) is 59.7 Å². The zero-order valence-corrected chi connectivity index (χ0v) is 16.8. The zero-order valence-electron chi connectivity index (χ0n) is 16.8. The van der Waals surface area contributed by atoms with Crippen molar-refractivity contribution in [3.63, 3.8) is 0 Å². The van der Waals surface area contributed by atoms with Crippen LogP contribution in [-0.4, -0.2) is 41.0 Å². The third-order valence-electron chi connectivity index (χ3n) is 6.34. The number of carbonyl (C=O) groups is 2. The smallest absolute Gasteiger partial charge is 0.407 e. The van der Waals surface area contributed by atoms with Crippen LogP contribution in [0.15, 0.2) is 48.5 Å². The van der Waals surface area contributed by atoms with E-state index in [0.29, 0.717) is 12.3 Å². The molecule has 1 amide bonds. The molecule has 2 aromatic carbocycles. The Balaban J connectivity index is 1.42. The second-order valence-corrected chi connectivity index (χ2v) is 8.25. The van der Waals surface area contributed by atoms with Gasteiger partial charge in [-0.05, 0) is 34.6 Å². The van der Waals surface area contributed by atoms with E-state index in [1.54, 1.807) is 0 Å². The highest BCUT2D eigenvalue weighted by Crippen LogP contribution is 2.44. The number of nitrogens with one attached hydrogen (secondary N) is 1. The Morgan fingerprint density at radius 3 is 2.13 bits per heavy atom. The van der Waals surface area contributed by atoms with Crippen molar-refractivity contribution in [2.45, 2.75) is 50.2 Å². The van der Waals surface area contributed by atoms with Crippen LogP contribution in [0.2, 0.25) is 0 Å². The fraction of sp³-hybridized carbons (Fsp3) is 0.417. The quantitative estimate of drug-likeness (QED) is 0.644. The molecule has 0 aromatic heterocycles. The van der Waals surface area contributed by atoms with Crippen LogP contribution < -0.4 is 5.32 Å². The molecule has 2 aromatic rings. The molecule has 0 spiro atoms. The standard InChI is InChI=1S/C24H27NO5/c26-22(23(27)28)21(13-15-7-1-2-8-15)25-24(29)30-14-20-18-11-5-3-9-16(18)17-10-4-6-12-19(17)20/h3-6,9-12,15,20-22,26H,1-2,7-8,13-14H2,(H,25,29)(H,27,28). The molecule has 0 saturated heterocycles. The maximum atomic E-state index is 12.5. The van der Waals surface area contributed by atoms with Gasteiger partial charge in [0.05, 0.1) is 6.04 Å². The summed E-state index contributed by atoms with van der Waals surface area (Å²) in [4.78, 5) is 23.8. The Morgan fingerprint density at radius 2 is 1.57 bits per heavy atom. The van der Waals surface area contributed by atoms with E-state index in [0.717, 1.165) is 47.9 Å². The molecule has 0 aliphatic heterocycles. The van der Waals surface area contributed by atoms with E-state index in [2.05, 4.69) is 17.4 Å². The highest BCUT2D eigenvalue weighted by atomic mass is 16.5. The Hall–Kier alpha value is -2.86. The molecule has 158 valence electrons. The lowest BCUT2D eigenvalue weighted by molar-refractivity contribution is -0.148. The third kappa shape index (κ3) is 4.19. The minimum atomic E-state index is -1.65. The summed E-state index contributed by atoms with van der Waals surface area (Å²) in [5.74, 6) is -1.09. The summed E-state index contributed by atoms with van der Waals surface area (Å²) in [7, 11) is 0. The zero-order chi connectivity index (χ0) is 21.1. The van der Waals surface area contributed by atoms with Gasteiger partial charge >= 0.3 is 12.1 Å². The lowest BCUT2D eigenvalue weighted by Gasteiger charge is -2.24. The van der Waals surface area contributed by atoms with Gasteiger partial charge in [-0.1, -0.05) is 74.2 Å². The SMILES string of the molecule is O=C(NC(CC1CCCC1)C(O)C(=O)O)OCC1c2ccccc2-c2ccccc21. The van der Waals surface area contributed by atoms with Crippen LogP contribution in [0.5, 0.6) is 0 Å². The van der Waals surface area contributed by atoms with Crippen molar-refractivity contribution in [2.75, 3.05) is 6.61 Å². The normalized spacial score (nSPS) is 17.8. The van der Waals surface area contributed by atoms with Gasteiger partial charge in [-0.2, -0.15) is 0 Å². The molecular formula is C24H27NO5. The Morgan fingerprint density at radius 1 is 1.00 bits per heavy atom. The van der Waals surface area contributed by atoms with Gasteiger partial charge in [0, 0.05) is 5.92 Å². The van der Waals surface area contributed by atoms with Crippen molar-refractivity contribution < 1.29 is 24.5 Å². The molecule has 0 bridgehead atoms. The molecular weight excluding hydrogens is 382 g/mol. The van der Waals surface area contributed by atoms with Crippen LogP contribution in [0, 0.1) is 5.92 Å². The first-order chi connectivity index (χ1) is 14.5. The van der Waals surface area contributed by atoms with Gasteiger partial charge in [-0.3, -0.25) is 0 Å². The number of aliphatic hydroxyl groups excluding tert-OH is 1. The summed E-state index contributed by atoms with van der Waals surface area (Å²) in [6, 6.07) is 15.3. The van der Waals surface area contributed by atoms with Crippen LogP contribution in [0.1, 0.15) is 49.1 Å². The average molecular weight is 409 g/mol. The summed E-state index contributed by atoms with van der Waals surface area (Å²) in [6.45, 7) is 0.152. The molecule has 2 unspecified atom stereocenters. The molecule has 2 aliphatic rings. The molecule has 0 heterocycles. The minimum absolute atomic E-state index is 0.0687. The lowest BCUT2D eigenvalue weighted by atomic mass is 9.95. The van der Waals surface area contributed by atoms with Gasteiger partial charge in [0.15, 0.2) is 6.10 Å². The molecule has 2 aliphatic carbocycles. The predicted molar refractivity (Wildman–Crippen MR) is 112 cm³/mol. The number of fused-ring (bicyclic) bond motifs is 3. The number of alkyl carbamates (subject to hydrolysis) is 1. The fourth-order valence-electron chi connectivity index (χ4n) is 4.84. The van der Waals surface area contributed by atoms with Crippen molar-refractivity contribution in [3.8, 4) is 11.1 Å². The van der Waals surface area contributed by atoms with Gasteiger partial charge in [0.2, 0.25) is 0 Å². The Kier molecular flexibility index (Phi) is 6.04. The molecule has 1 fully saturated rings. The van der Waals surface area contributed by atoms with Crippen molar-refractivity contribution >= 4 is 12.1 Å².